The summed E-state index contributed by atoms with van der Waals surface area (Å²) in [7, 11) is 0. The first kappa shape index (κ1) is 12.9. The van der Waals surface area contributed by atoms with Gasteiger partial charge in [0.2, 0.25) is 0 Å². The summed E-state index contributed by atoms with van der Waals surface area (Å²) in [6, 6.07) is 8.63. The van der Waals surface area contributed by atoms with E-state index in [0.29, 0.717) is 25.2 Å². The molecule has 0 radical (unpaired) electrons. The lowest BCUT2D eigenvalue weighted by atomic mass is 10.0. The summed E-state index contributed by atoms with van der Waals surface area (Å²) in [5.74, 6) is 1.69. The molecule has 2 nitrogen and oxygen atoms in total. The summed E-state index contributed by atoms with van der Waals surface area (Å²) in [5, 5.41) is 0. The highest BCUT2D eigenvalue weighted by Crippen LogP contribution is 2.39. The topological polar surface area (TPSA) is 18.5 Å². The Morgan fingerprint density at radius 1 is 1.29 bits per heavy atom. The minimum atomic E-state index is 0.293. The van der Waals surface area contributed by atoms with Crippen LogP contribution in [0.4, 0.5) is 0 Å². The largest absolute Gasteiger partial charge is 0.378 e. The maximum absolute atomic E-state index is 5.69. The lowest BCUT2D eigenvalue weighted by molar-refractivity contribution is 0.0170. The smallest absolute Gasteiger partial charge is 0.0703 e. The molecule has 0 aliphatic carbocycles. The van der Waals surface area contributed by atoms with Crippen LogP contribution in [0.25, 0.3) is 0 Å². The van der Waals surface area contributed by atoms with Crippen LogP contribution >= 0.6 is 11.8 Å². The number of ether oxygens (including phenoxy) is 2. The first-order chi connectivity index (χ1) is 8.27. The van der Waals surface area contributed by atoms with Crippen LogP contribution < -0.4 is 0 Å². The Morgan fingerprint density at radius 3 is 2.94 bits per heavy atom. The Bertz CT molecular complexity index is 352. The molecular formula is C14H20O2S. The van der Waals surface area contributed by atoms with Crippen molar-refractivity contribution in [2.75, 3.05) is 25.6 Å². The third-order valence-corrected chi connectivity index (χ3v) is 4.05. The van der Waals surface area contributed by atoms with Gasteiger partial charge in [-0.1, -0.05) is 18.2 Å². The van der Waals surface area contributed by atoms with E-state index in [-0.39, 0.29) is 0 Å². The van der Waals surface area contributed by atoms with Crippen molar-refractivity contribution in [1.29, 1.82) is 0 Å². The summed E-state index contributed by atoms with van der Waals surface area (Å²) in [4.78, 5) is 1.42. The average Bonchev–Trinajstić information content (AvgIpc) is 2.72. The van der Waals surface area contributed by atoms with Gasteiger partial charge in [-0.05, 0) is 25.5 Å². The van der Waals surface area contributed by atoms with Crippen LogP contribution in [0.15, 0.2) is 29.2 Å². The minimum Gasteiger partial charge on any atom is -0.378 e. The molecule has 0 amide bonds. The highest BCUT2D eigenvalue weighted by atomic mass is 32.2. The highest BCUT2D eigenvalue weighted by Gasteiger charge is 2.22. The van der Waals surface area contributed by atoms with Gasteiger partial charge >= 0.3 is 0 Å². The van der Waals surface area contributed by atoms with Gasteiger partial charge in [-0.25, -0.2) is 0 Å². The van der Waals surface area contributed by atoms with Gasteiger partial charge in [0.15, 0.2) is 0 Å². The molecule has 17 heavy (non-hydrogen) atoms. The van der Waals surface area contributed by atoms with Crippen LogP contribution in [0.3, 0.4) is 0 Å². The number of hydrogen-bond acceptors (Lipinski definition) is 3. The fourth-order valence-corrected chi connectivity index (χ4v) is 3.17. The zero-order chi connectivity index (χ0) is 12.1. The Balaban J connectivity index is 1.71. The predicted octanol–water partition coefficient (Wildman–Crippen LogP) is 3.32. The van der Waals surface area contributed by atoms with Crippen molar-refractivity contribution < 1.29 is 9.47 Å². The Kier molecular flexibility index (Phi) is 4.89. The molecule has 1 aromatic rings. The van der Waals surface area contributed by atoms with Crippen LogP contribution in [-0.2, 0) is 9.47 Å². The third-order valence-electron chi connectivity index (χ3n) is 2.80. The van der Waals surface area contributed by atoms with Crippen LogP contribution in [-0.4, -0.2) is 31.7 Å². The zero-order valence-corrected chi connectivity index (χ0v) is 11.3. The molecule has 94 valence electrons. The summed E-state index contributed by atoms with van der Waals surface area (Å²) < 4.78 is 11.1. The standard InChI is InChI=1S/C14H20O2S/c1-11(2)16-8-7-15-9-12-10-17-14-6-4-3-5-13(12)14/h3-6,11-12H,7-10H2,1-2H3. The van der Waals surface area contributed by atoms with E-state index in [0.717, 1.165) is 12.4 Å². The van der Waals surface area contributed by atoms with Gasteiger partial charge in [-0.2, -0.15) is 0 Å². The monoisotopic (exact) mass is 252 g/mol. The fraction of sp³-hybridized carbons (Fsp3) is 0.571. The molecule has 1 atom stereocenters. The fourth-order valence-electron chi connectivity index (χ4n) is 1.94. The number of rotatable bonds is 6. The minimum absolute atomic E-state index is 0.293. The van der Waals surface area contributed by atoms with Crippen molar-refractivity contribution in [2.45, 2.75) is 30.8 Å². The van der Waals surface area contributed by atoms with E-state index in [9.17, 15) is 0 Å². The van der Waals surface area contributed by atoms with Crippen molar-refractivity contribution in [3.8, 4) is 0 Å². The van der Waals surface area contributed by atoms with Gasteiger partial charge in [0.25, 0.3) is 0 Å². The van der Waals surface area contributed by atoms with Crippen LogP contribution in [0.5, 0.6) is 0 Å². The molecule has 0 saturated carbocycles. The Morgan fingerprint density at radius 2 is 2.12 bits per heavy atom. The second-order valence-electron chi connectivity index (χ2n) is 4.54. The average molecular weight is 252 g/mol. The summed E-state index contributed by atoms with van der Waals surface area (Å²) in [5.41, 5.74) is 1.45. The second kappa shape index (κ2) is 6.43. The number of benzene rings is 1. The van der Waals surface area contributed by atoms with Crippen molar-refractivity contribution in [3.05, 3.63) is 29.8 Å². The van der Waals surface area contributed by atoms with Crippen LogP contribution in [0.2, 0.25) is 0 Å². The quantitative estimate of drug-likeness (QED) is 0.724. The molecular weight excluding hydrogens is 232 g/mol. The molecule has 1 aromatic carbocycles. The van der Waals surface area contributed by atoms with Gasteiger partial charge in [0.05, 0.1) is 25.9 Å². The van der Waals surface area contributed by atoms with Crippen molar-refractivity contribution in [2.24, 2.45) is 0 Å². The number of hydrogen-bond donors (Lipinski definition) is 0. The molecule has 0 bridgehead atoms. The van der Waals surface area contributed by atoms with E-state index in [2.05, 4.69) is 24.3 Å². The Hall–Kier alpha value is -0.510. The van der Waals surface area contributed by atoms with E-state index in [4.69, 9.17) is 9.47 Å². The maximum atomic E-state index is 5.69. The first-order valence-corrected chi connectivity index (χ1v) is 7.17. The SMILES string of the molecule is CC(C)OCCOCC1CSc2ccccc21. The molecule has 0 fully saturated rings. The summed E-state index contributed by atoms with van der Waals surface area (Å²) in [6.07, 6.45) is 0.293. The van der Waals surface area contributed by atoms with Crippen LogP contribution in [0.1, 0.15) is 25.3 Å². The normalized spacial score (nSPS) is 18.6. The van der Waals surface area contributed by atoms with E-state index >= 15 is 0 Å². The first-order valence-electron chi connectivity index (χ1n) is 6.18. The molecule has 1 aliphatic rings. The lowest BCUT2D eigenvalue weighted by Crippen LogP contribution is -2.13. The highest BCUT2D eigenvalue weighted by molar-refractivity contribution is 7.99. The van der Waals surface area contributed by atoms with Crippen LogP contribution in [0, 0.1) is 0 Å². The molecule has 3 heteroatoms. The van der Waals surface area contributed by atoms with Gasteiger partial charge < -0.3 is 9.47 Å². The van der Waals surface area contributed by atoms with E-state index < -0.39 is 0 Å². The summed E-state index contributed by atoms with van der Waals surface area (Å²) >= 11 is 1.93. The van der Waals surface area contributed by atoms with E-state index in [1.165, 1.54) is 10.5 Å². The van der Waals surface area contributed by atoms with Crippen molar-refractivity contribution in [3.63, 3.8) is 0 Å². The molecule has 1 heterocycles. The predicted molar refractivity (Wildman–Crippen MR) is 71.8 cm³/mol. The molecule has 0 saturated heterocycles. The van der Waals surface area contributed by atoms with Crippen molar-refractivity contribution in [1.82, 2.24) is 0 Å². The third kappa shape index (κ3) is 3.73. The molecule has 0 N–H and O–H groups in total. The lowest BCUT2D eigenvalue weighted by Gasteiger charge is -2.12. The molecule has 1 unspecified atom stereocenters. The molecule has 0 aromatic heterocycles. The number of fused-ring (bicyclic) bond motifs is 1. The molecule has 1 aliphatic heterocycles. The zero-order valence-electron chi connectivity index (χ0n) is 10.5. The van der Waals surface area contributed by atoms with Gasteiger partial charge in [0.1, 0.15) is 0 Å². The molecule has 2 rings (SSSR count). The van der Waals surface area contributed by atoms with E-state index in [1.807, 2.05) is 25.6 Å². The van der Waals surface area contributed by atoms with Gasteiger partial charge in [-0.3, -0.25) is 0 Å². The van der Waals surface area contributed by atoms with Crippen molar-refractivity contribution >= 4 is 11.8 Å². The van der Waals surface area contributed by atoms with Gasteiger partial charge in [-0.15, -0.1) is 11.8 Å². The number of thioether (sulfide) groups is 1. The van der Waals surface area contributed by atoms with Gasteiger partial charge in [0, 0.05) is 16.6 Å². The second-order valence-corrected chi connectivity index (χ2v) is 5.60. The Labute approximate surface area is 108 Å². The maximum Gasteiger partial charge on any atom is 0.0703 e. The molecule has 0 spiro atoms. The summed E-state index contributed by atoms with van der Waals surface area (Å²) in [6.45, 7) is 6.29. The van der Waals surface area contributed by atoms with E-state index in [1.54, 1.807) is 0 Å².